The van der Waals surface area contributed by atoms with Gasteiger partial charge in [0.1, 0.15) is 0 Å². The van der Waals surface area contributed by atoms with Gasteiger partial charge in [-0.25, -0.2) is 0 Å². The summed E-state index contributed by atoms with van der Waals surface area (Å²) in [5.74, 6) is 0. The van der Waals surface area contributed by atoms with Gasteiger partial charge in [-0.3, -0.25) is 4.98 Å². The van der Waals surface area contributed by atoms with Gasteiger partial charge in [-0.1, -0.05) is 18.2 Å². The number of hydrogen-bond acceptors (Lipinski definition) is 2. The standard InChI is InChI=1S/C13H13BrN2/c1-10-6-7-11(8-15-10)9-16-13-5-3-2-4-12(13)14/h2-8,16H,9H2,1H3. The molecule has 16 heavy (non-hydrogen) atoms. The van der Waals surface area contributed by atoms with E-state index in [0.717, 1.165) is 22.4 Å². The second-order valence-corrected chi connectivity index (χ2v) is 4.50. The zero-order chi connectivity index (χ0) is 11.4. The number of pyridine rings is 1. The summed E-state index contributed by atoms with van der Waals surface area (Å²) in [5.41, 5.74) is 3.33. The molecule has 1 heterocycles. The Kier molecular flexibility index (Phi) is 3.57. The van der Waals surface area contributed by atoms with Crippen molar-refractivity contribution in [3.8, 4) is 0 Å². The SMILES string of the molecule is Cc1ccc(CNc2ccccc2Br)cn1. The van der Waals surface area contributed by atoms with Crippen LogP contribution in [0.25, 0.3) is 0 Å². The van der Waals surface area contributed by atoms with Gasteiger partial charge >= 0.3 is 0 Å². The number of hydrogen-bond donors (Lipinski definition) is 1. The first-order valence-electron chi connectivity index (χ1n) is 5.15. The quantitative estimate of drug-likeness (QED) is 0.923. The largest absolute Gasteiger partial charge is 0.380 e. The third-order valence-electron chi connectivity index (χ3n) is 2.33. The maximum absolute atomic E-state index is 4.26. The van der Waals surface area contributed by atoms with Crippen molar-refractivity contribution in [3.63, 3.8) is 0 Å². The summed E-state index contributed by atoms with van der Waals surface area (Å²) in [4.78, 5) is 4.26. The Morgan fingerprint density at radius 2 is 2.00 bits per heavy atom. The van der Waals surface area contributed by atoms with E-state index in [1.54, 1.807) is 0 Å². The zero-order valence-corrected chi connectivity index (χ0v) is 10.7. The maximum Gasteiger partial charge on any atom is 0.0487 e. The van der Waals surface area contributed by atoms with E-state index in [-0.39, 0.29) is 0 Å². The van der Waals surface area contributed by atoms with Gasteiger partial charge in [0.2, 0.25) is 0 Å². The number of benzene rings is 1. The van der Waals surface area contributed by atoms with Crippen LogP contribution in [0.3, 0.4) is 0 Å². The number of rotatable bonds is 3. The van der Waals surface area contributed by atoms with Crippen LogP contribution in [0.4, 0.5) is 5.69 Å². The number of nitrogens with zero attached hydrogens (tertiary/aromatic N) is 1. The molecule has 0 atom stereocenters. The molecule has 0 saturated carbocycles. The molecule has 0 saturated heterocycles. The van der Waals surface area contributed by atoms with Crippen LogP contribution >= 0.6 is 15.9 Å². The third-order valence-corrected chi connectivity index (χ3v) is 3.02. The lowest BCUT2D eigenvalue weighted by atomic mass is 10.2. The first-order chi connectivity index (χ1) is 7.75. The van der Waals surface area contributed by atoms with Crippen molar-refractivity contribution in [2.45, 2.75) is 13.5 Å². The number of aromatic nitrogens is 1. The molecule has 82 valence electrons. The van der Waals surface area contributed by atoms with Crippen LogP contribution in [0.5, 0.6) is 0 Å². The van der Waals surface area contributed by atoms with Gasteiger partial charge in [0.05, 0.1) is 0 Å². The predicted octanol–water partition coefficient (Wildman–Crippen LogP) is 3.76. The normalized spacial score (nSPS) is 10.1. The van der Waals surface area contributed by atoms with Gasteiger partial charge in [0.15, 0.2) is 0 Å². The predicted molar refractivity (Wildman–Crippen MR) is 70.4 cm³/mol. The Hall–Kier alpha value is -1.35. The van der Waals surface area contributed by atoms with Crippen molar-refractivity contribution < 1.29 is 0 Å². The Morgan fingerprint density at radius 3 is 2.69 bits per heavy atom. The van der Waals surface area contributed by atoms with Crippen molar-refractivity contribution in [3.05, 3.63) is 58.3 Å². The van der Waals surface area contributed by atoms with E-state index in [1.807, 2.05) is 43.5 Å². The van der Waals surface area contributed by atoms with Crippen molar-refractivity contribution in [2.24, 2.45) is 0 Å². The van der Waals surface area contributed by atoms with Gasteiger partial charge in [-0.05, 0) is 46.6 Å². The molecule has 2 rings (SSSR count). The maximum atomic E-state index is 4.26. The van der Waals surface area contributed by atoms with E-state index in [0.29, 0.717) is 0 Å². The van der Waals surface area contributed by atoms with Gasteiger partial charge in [-0.15, -0.1) is 0 Å². The molecule has 1 aromatic heterocycles. The third kappa shape index (κ3) is 2.83. The van der Waals surface area contributed by atoms with Crippen molar-refractivity contribution in [1.82, 2.24) is 4.98 Å². The molecular formula is C13H13BrN2. The average Bonchev–Trinajstić information content (AvgIpc) is 2.30. The summed E-state index contributed by atoms with van der Waals surface area (Å²) < 4.78 is 1.08. The topological polar surface area (TPSA) is 24.9 Å². The zero-order valence-electron chi connectivity index (χ0n) is 9.07. The Morgan fingerprint density at radius 1 is 1.19 bits per heavy atom. The summed E-state index contributed by atoms with van der Waals surface area (Å²) in [5, 5.41) is 3.36. The molecule has 0 bridgehead atoms. The van der Waals surface area contributed by atoms with Gasteiger partial charge in [0.25, 0.3) is 0 Å². The average molecular weight is 277 g/mol. The van der Waals surface area contributed by atoms with E-state index < -0.39 is 0 Å². The van der Waals surface area contributed by atoms with Crippen LogP contribution in [0.1, 0.15) is 11.3 Å². The minimum atomic E-state index is 0.788. The lowest BCUT2D eigenvalue weighted by Crippen LogP contribution is -2.00. The van der Waals surface area contributed by atoms with E-state index in [2.05, 4.69) is 32.3 Å². The highest BCUT2D eigenvalue weighted by molar-refractivity contribution is 9.10. The van der Waals surface area contributed by atoms with E-state index in [4.69, 9.17) is 0 Å². The molecule has 1 aromatic carbocycles. The van der Waals surface area contributed by atoms with E-state index in [1.165, 1.54) is 5.56 Å². The van der Waals surface area contributed by atoms with Gasteiger partial charge in [0, 0.05) is 28.6 Å². The Labute approximate surface area is 104 Å². The highest BCUT2D eigenvalue weighted by Gasteiger charge is 1.98. The number of aryl methyl sites for hydroxylation is 1. The molecule has 0 amide bonds. The summed E-state index contributed by atoms with van der Waals surface area (Å²) >= 11 is 3.50. The molecular weight excluding hydrogens is 264 g/mol. The van der Waals surface area contributed by atoms with Crippen molar-refractivity contribution >= 4 is 21.6 Å². The highest BCUT2D eigenvalue weighted by atomic mass is 79.9. The number of halogens is 1. The fraction of sp³-hybridized carbons (Fsp3) is 0.154. The minimum Gasteiger partial charge on any atom is -0.380 e. The highest BCUT2D eigenvalue weighted by Crippen LogP contribution is 2.21. The Balaban J connectivity index is 2.02. The van der Waals surface area contributed by atoms with Crippen LogP contribution in [0.15, 0.2) is 47.1 Å². The second kappa shape index (κ2) is 5.12. The van der Waals surface area contributed by atoms with Crippen LogP contribution in [0, 0.1) is 6.92 Å². The fourth-order valence-corrected chi connectivity index (χ4v) is 1.83. The number of anilines is 1. The first-order valence-corrected chi connectivity index (χ1v) is 5.95. The van der Waals surface area contributed by atoms with E-state index >= 15 is 0 Å². The molecule has 0 aliphatic heterocycles. The Bertz CT molecular complexity index is 466. The summed E-state index contributed by atoms with van der Waals surface area (Å²) in [6, 6.07) is 12.2. The fourth-order valence-electron chi connectivity index (χ4n) is 1.40. The molecule has 3 heteroatoms. The van der Waals surface area contributed by atoms with Crippen LogP contribution in [0.2, 0.25) is 0 Å². The molecule has 1 N–H and O–H groups in total. The smallest absolute Gasteiger partial charge is 0.0487 e. The molecule has 0 spiro atoms. The minimum absolute atomic E-state index is 0.788. The number of para-hydroxylation sites is 1. The van der Waals surface area contributed by atoms with Crippen LogP contribution < -0.4 is 5.32 Å². The summed E-state index contributed by atoms with van der Waals surface area (Å²) in [7, 11) is 0. The lowest BCUT2D eigenvalue weighted by Gasteiger charge is -2.08. The molecule has 0 fully saturated rings. The monoisotopic (exact) mass is 276 g/mol. The molecule has 2 nitrogen and oxygen atoms in total. The van der Waals surface area contributed by atoms with Crippen LogP contribution in [-0.2, 0) is 6.54 Å². The van der Waals surface area contributed by atoms with Crippen molar-refractivity contribution in [2.75, 3.05) is 5.32 Å². The summed E-state index contributed by atoms with van der Waals surface area (Å²) in [6.07, 6.45) is 1.90. The molecule has 0 aliphatic rings. The van der Waals surface area contributed by atoms with Gasteiger partial charge < -0.3 is 5.32 Å². The van der Waals surface area contributed by atoms with Crippen molar-refractivity contribution in [1.29, 1.82) is 0 Å². The van der Waals surface area contributed by atoms with Gasteiger partial charge in [-0.2, -0.15) is 0 Å². The molecule has 0 aliphatic carbocycles. The second-order valence-electron chi connectivity index (χ2n) is 3.64. The lowest BCUT2D eigenvalue weighted by molar-refractivity contribution is 1.08. The van der Waals surface area contributed by atoms with E-state index in [9.17, 15) is 0 Å². The molecule has 0 unspecified atom stereocenters. The van der Waals surface area contributed by atoms with Crippen LogP contribution in [-0.4, -0.2) is 4.98 Å². The summed E-state index contributed by atoms with van der Waals surface area (Å²) in [6.45, 7) is 2.78. The first kappa shape index (κ1) is 11.1. The molecule has 0 radical (unpaired) electrons. The molecule has 2 aromatic rings. The number of nitrogens with one attached hydrogen (secondary N) is 1.